The molecule has 4 aromatic rings. The molecule has 0 amide bonds. The first-order valence-electron chi connectivity index (χ1n) is 9.66. The van der Waals surface area contributed by atoms with Gasteiger partial charge in [0, 0.05) is 22.9 Å². The van der Waals surface area contributed by atoms with Gasteiger partial charge in [-0.3, -0.25) is 0 Å². The summed E-state index contributed by atoms with van der Waals surface area (Å²) in [4.78, 5) is 0. The molecule has 26 heavy (non-hydrogen) atoms. The monoisotopic (exact) mass is 342 g/mol. The van der Waals surface area contributed by atoms with Crippen molar-refractivity contribution in [1.82, 2.24) is 0 Å². The van der Waals surface area contributed by atoms with Crippen molar-refractivity contribution in [3.8, 4) is 11.3 Å². The first-order chi connectivity index (χ1) is 12.7. The van der Waals surface area contributed by atoms with Crippen LogP contribution in [0.25, 0.3) is 33.2 Å². The van der Waals surface area contributed by atoms with Crippen LogP contribution < -0.4 is 4.57 Å². The summed E-state index contributed by atoms with van der Waals surface area (Å²) in [6.07, 6.45) is 4.46. The summed E-state index contributed by atoms with van der Waals surface area (Å²) in [5, 5.41) is 2.41. The summed E-state index contributed by atoms with van der Waals surface area (Å²) in [5.74, 6) is 0. The van der Waals surface area contributed by atoms with E-state index in [2.05, 4.69) is 80.1 Å². The largest absolute Gasteiger partial charge is 0.455 e. The highest BCUT2D eigenvalue weighted by molar-refractivity contribution is 6.10. The normalized spacial score (nSPS) is 18.0. The molecule has 0 spiro atoms. The molecule has 2 nitrogen and oxygen atoms in total. The number of hydrogen-bond acceptors (Lipinski definition) is 1. The Kier molecular flexibility index (Phi) is 3.27. The van der Waals surface area contributed by atoms with Gasteiger partial charge in [-0.05, 0) is 37.5 Å². The van der Waals surface area contributed by atoms with Gasteiger partial charge in [0.05, 0.1) is 11.0 Å². The van der Waals surface area contributed by atoms with E-state index >= 15 is 0 Å². The van der Waals surface area contributed by atoms with Crippen LogP contribution in [-0.4, -0.2) is 0 Å². The molecule has 1 aliphatic heterocycles. The van der Waals surface area contributed by atoms with Gasteiger partial charge in [-0.1, -0.05) is 44.2 Å². The zero-order valence-corrected chi connectivity index (χ0v) is 15.6. The minimum atomic E-state index is 0.127. The average Bonchev–Trinajstić information content (AvgIpc) is 3.07. The predicted octanol–water partition coefficient (Wildman–Crippen LogP) is 6.17. The third kappa shape index (κ3) is 1.79. The molecule has 0 saturated carbocycles. The molecule has 0 aliphatic carbocycles. The van der Waals surface area contributed by atoms with Crippen molar-refractivity contribution >= 4 is 21.9 Å². The van der Waals surface area contributed by atoms with Gasteiger partial charge in [0.25, 0.3) is 0 Å². The van der Waals surface area contributed by atoms with Crippen LogP contribution in [0.15, 0.2) is 65.2 Å². The minimum Gasteiger partial charge on any atom is -0.455 e. The molecule has 2 heteroatoms. The smallest absolute Gasteiger partial charge is 0.216 e. The molecule has 0 fully saturated rings. The van der Waals surface area contributed by atoms with Gasteiger partial charge in [0.1, 0.15) is 11.2 Å². The molecular formula is C24H24NO+. The van der Waals surface area contributed by atoms with Crippen molar-refractivity contribution in [2.75, 3.05) is 0 Å². The molecule has 0 bridgehead atoms. The second-order valence-electron chi connectivity index (χ2n) is 7.50. The highest BCUT2D eigenvalue weighted by Crippen LogP contribution is 2.50. The summed E-state index contributed by atoms with van der Waals surface area (Å²) in [5.41, 5.74) is 6.10. The summed E-state index contributed by atoms with van der Waals surface area (Å²) in [7, 11) is 0. The number of furan rings is 1. The number of nitrogens with zero attached hydrogens (tertiary/aromatic N) is 1. The van der Waals surface area contributed by atoms with Crippen molar-refractivity contribution in [3.05, 3.63) is 66.4 Å². The Morgan fingerprint density at radius 3 is 2.50 bits per heavy atom. The fourth-order valence-electron chi connectivity index (χ4n) is 5.18. The first kappa shape index (κ1) is 15.6. The van der Waals surface area contributed by atoms with Crippen molar-refractivity contribution in [3.63, 3.8) is 0 Å². The standard InChI is InChI=1S/C24H24NO/c1-4-24(5-2)16(3)25-15-9-8-11-20(25)22-19(24)14-13-18-17-10-6-7-12-21(17)26-23(18)22/h6-16H,4-5H2,1-3H3/q+1. The lowest BCUT2D eigenvalue weighted by Crippen LogP contribution is -2.54. The number of benzene rings is 2. The predicted molar refractivity (Wildman–Crippen MR) is 106 cm³/mol. The lowest BCUT2D eigenvalue weighted by atomic mass is 9.66. The van der Waals surface area contributed by atoms with Crippen LogP contribution in [0.5, 0.6) is 0 Å². The first-order valence-corrected chi connectivity index (χ1v) is 9.66. The molecule has 0 saturated heterocycles. The quantitative estimate of drug-likeness (QED) is 0.398. The lowest BCUT2D eigenvalue weighted by Gasteiger charge is -2.39. The second kappa shape index (κ2) is 5.44. The Balaban J connectivity index is 1.98. The van der Waals surface area contributed by atoms with Gasteiger partial charge in [-0.2, -0.15) is 4.57 Å². The van der Waals surface area contributed by atoms with Crippen LogP contribution in [0, 0.1) is 0 Å². The van der Waals surface area contributed by atoms with Crippen molar-refractivity contribution in [2.45, 2.75) is 45.1 Å². The van der Waals surface area contributed by atoms with E-state index in [-0.39, 0.29) is 5.41 Å². The third-order valence-corrected chi connectivity index (χ3v) is 6.71. The number of pyridine rings is 1. The Morgan fingerprint density at radius 2 is 1.69 bits per heavy atom. The summed E-state index contributed by atoms with van der Waals surface area (Å²) >= 11 is 0. The van der Waals surface area contributed by atoms with Crippen LogP contribution >= 0.6 is 0 Å². The molecule has 1 atom stereocenters. The van der Waals surface area contributed by atoms with Gasteiger partial charge in [-0.25, -0.2) is 0 Å². The molecule has 1 aliphatic rings. The van der Waals surface area contributed by atoms with E-state index in [9.17, 15) is 0 Å². The molecule has 0 radical (unpaired) electrons. The van der Waals surface area contributed by atoms with E-state index in [4.69, 9.17) is 4.42 Å². The van der Waals surface area contributed by atoms with Crippen molar-refractivity contribution in [2.24, 2.45) is 0 Å². The maximum atomic E-state index is 6.41. The fraction of sp³-hybridized carbons (Fsp3) is 0.292. The maximum absolute atomic E-state index is 6.41. The topological polar surface area (TPSA) is 17.0 Å². The average molecular weight is 342 g/mol. The summed E-state index contributed by atoms with van der Waals surface area (Å²) < 4.78 is 8.86. The van der Waals surface area contributed by atoms with Gasteiger partial charge < -0.3 is 4.42 Å². The van der Waals surface area contributed by atoms with Gasteiger partial charge >= 0.3 is 0 Å². The van der Waals surface area contributed by atoms with E-state index < -0.39 is 0 Å². The molecular weight excluding hydrogens is 318 g/mol. The van der Waals surface area contributed by atoms with Crippen LogP contribution in [0.2, 0.25) is 0 Å². The van der Waals surface area contributed by atoms with E-state index in [1.165, 1.54) is 27.6 Å². The fourth-order valence-corrected chi connectivity index (χ4v) is 5.18. The highest BCUT2D eigenvalue weighted by atomic mass is 16.3. The number of rotatable bonds is 2. The van der Waals surface area contributed by atoms with Crippen molar-refractivity contribution < 1.29 is 8.98 Å². The zero-order valence-electron chi connectivity index (χ0n) is 15.6. The molecule has 5 rings (SSSR count). The number of fused-ring (bicyclic) bond motifs is 7. The number of hydrogen-bond donors (Lipinski definition) is 0. The van der Waals surface area contributed by atoms with Crippen LogP contribution in [0.3, 0.4) is 0 Å². The molecule has 2 aromatic carbocycles. The minimum absolute atomic E-state index is 0.127. The maximum Gasteiger partial charge on any atom is 0.216 e. The lowest BCUT2D eigenvalue weighted by molar-refractivity contribution is -0.721. The summed E-state index contributed by atoms with van der Waals surface area (Å²) in [6, 6.07) is 19.9. The van der Waals surface area contributed by atoms with Gasteiger partial charge in [0.15, 0.2) is 12.2 Å². The van der Waals surface area contributed by atoms with Crippen molar-refractivity contribution in [1.29, 1.82) is 0 Å². The van der Waals surface area contributed by atoms with E-state index in [0.717, 1.165) is 24.0 Å². The zero-order chi connectivity index (χ0) is 17.9. The summed E-state index contributed by atoms with van der Waals surface area (Å²) in [6.45, 7) is 7.00. The molecule has 2 aromatic heterocycles. The second-order valence-corrected chi connectivity index (χ2v) is 7.50. The highest BCUT2D eigenvalue weighted by Gasteiger charge is 2.48. The van der Waals surface area contributed by atoms with Crippen LogP contribution in [-0.2, 0) is 5.41 Å². The Hall–Kier alpha value is -2.61. The SMILES string of the molecule is CCC1(CC)c2ccc3c(oc4ccccc43)c2-c2cccc[n+]2C1C. The molecule has 3 heterocycles. The van der Waals surface area contributed by atoms with Gasteiger partial charge in [0.2, 0.25) is 5.69 Å². The van der Waals surface area contributed by atoms with Crippen LogP contribution in [0.4, 0.5) is 0 Å². The molecule has 1 unspecified atom stereocenters. The Labute approximate surface area is 154 Å². The molecule has 130 valence electrons. The van der Waals surface area contributed by atoms with E-state index in [1.54, 1.807) is 0 Å². The Morgan fingerprint density at radius 1 is 0.923 bits per heavy atom. The van der Waals surface area contributed by atoms with E-state index in [1.807, 2.05) is 6.07 Å². The third-order valence-electron chi connectivity index (χ3n) is 6.71. The Bertz CT molecular complexity index is 1130. The number of para-hydroxylation sites is 1. The number of aromatic nitrogens is 1. The van der Waals surface area contributed by atoms with Crippen LogP contribution in [0.1, 0.15) is 45.2 Å². The molecule has 0 N–H and O–H groups in total. The van der Waals surface area contributed by atoms with E-state index in [0.29, 0.717) is 6.04 Å². The van der Waals surface area contributed by atoms with Gasteiger partial charge in [-0.15, -0.1) is 0 Å².